The number of esters is 1. The molecule has 1 amide bonds. The molecule has 1 aliphatic rings. The summed E-state index contributed by atoms with van der Waals surface area (Å²) in [6.07, 6.45) is 2.23. The van der Waals surface area contributed by atoms with Crippen molar-refractivity contribution in [1.82, 2.24) is 10.3 Å². The lowest BCUT2D eigenvalue weighted by atomic mass is 9.83. The van der Waals surface area contributed by atoms with E-state index in [2.05, 4.69) is 15.5 Å². The quantitative estimate of drug-likeness (QED) is 0.484. The van der Waals surface area contributed by atoms with Crippen molar-refractivity contribution in [1.29, 1.82) is 0 Å². The highest BCUT2D eigenvalue weighted by molar-refractivity contribution is 6.12. The summed E-state index contributed by atoms with van der Waals surface area (Å²) in [6.45, 7) is 6.02. The average Bonchev–Trinajstić information content (AvgIpc) is 3.33. The van der Waals surface area contributed by atoms with Crippen molar-refractivity contribution in [3.05, 3.63) is 42.2 Å². The van der Waals surface area contributed by atoms with Crippen LogP contribution in [-0.4, -0.2) is 52.8 Å². The molecule has 2 aromatic rings. The summed E-state index contributed by atoms with van der Waals surface area (Å²) in [5, 5.41) is 8.56. The maximum absolute atomic E-state index is 13.4. The molecule has 0 spiro atoms. The number of fused-ring (bicyclic) bond motifs is 1. The SMILES string of the molecule is CCC(CC)OC(=O)C[C@H](NC(=O)C1(C(C)C)CC(c2nccc3ccccc23)=NO1)C(=O)CF. The Hall–Kier alpha value is -3.36. The minimum absolute atomic E-state index is 0.103. The molecule has 9 heteroatoms. The third kappa shape index (κ3) is 5.66. The fraction of sp³-hybridized carbons (Fsp3) is 0.500. The molecule has 3 rings (SSSR count). The molecule has 1 aromatic carbocycles. The maximum atomic E-state index is 13.4. The molecule has 0 radical (unpaired) electrons. The van der Waals surface area contributed by atoms with E-state index in [0.717, 1.165) is 10.8 Å². The molecule has 2 atom stereocenters. The highest BCUT2D eigenvalue weighted by Gasteiger charge is 2.51. The Kier molecular flexibility index (Phi) is 8.53. The Labute approximate surface area is 204 Å². The summed E-state index contributed by atoms with van der Waals surface area (Å²) in [5.41, 5.74) is -0.349. The number of rotatable bonds is 11. The van der Waals surface area contributed by atoms with Crippen LogP contribution in [0.1, 0.15) is 59.1 Å². The van der Waals surface area contributed by atoms with E-state index in [4.69, 9.17) is 9.57 Å². The number of carbonyl (C=O) groups is 3. The first-order valence-corrected chi connectivity index (χ1v) is 11.9. The van der Waals surface area contributed by atoms with Crippen molar-refractivity contribution in [3.63, 3.8) is 0 Å². The van der Waals surface area contributed by atoms with Crippen molar-refractivity contribution in [2.75, 3.05) is 6.67 Å². The van der Waals surface area contributed by atoms with E-state index in [-0.39, 0.29) is 18.4 Å². The lowest BCUT2D eigenvalue weighted by Crippen LogP contribution is -2.56. The molecule has 0 bridgehead atoms. The van der Waals surface area contributed by atoms with Crippen LogP contribution in [0.5, 0.6) is 0 Å². The molecule has 0 saturated heterocycles. The normalized spacial score (nSPS) is 18.3. The Morgan fingerprint density at radius 2 is 1.89 bits per heavy atom. The third-order valence-corrected chi connectivity index (χ3v) is 6.42. The Morgan fingerprint density at radius 3 is 2.54 bits per heavy atom. The van der Waals surface area contributed by atoms with Gasteiger partial charge in [0.1, 0.15) is 24.5 Å². The van der Waals surface area contributed by atoms with Gasteiger partial charge in [-0.2, -0.15) is 0 Å². The molecule has 1 aromatic heterocycles. The van der Waals surface area contributed by atoms with Crippen molar-refractivity contribution in [2.24, 2.45) is 11.1 Å². The number of benzene rings is 1. The zero-order chi connectivity index (χ0) is 25.6. The predicted octanol–water partition coefficient (Wildman–Crippen LogP) is 3.90. The van der Waals surface area contributed by atoms with Crippen LogP contribution in [-0.2, 0) is 24.0 Å². The number of hydrogen-bond acceptors (Lipinski definition) is 7. The van der Waals surface area contributed by atoms with Crippen LogP contribution in [0.25, 0.3) is 10.8 Å². The highest BCUT2D eigenvalue weighted by Crippen LogP contribution is 2.35. The molecule has 1 aliphatic heterocycles. The molecule has 1 unspecified atom stereocenters. The number of nitrogens with zero attached hydrogens (tertiary/aromatic N) is 2. The van der Waals surface area contributed by atoms with E-state index in [9.17, 15) is 18.8 Å². The Morgan fingerprint density at radius 1 is 1.17 bits per heavy atom. The van der Waals surface area contributed by atoms with Gasteiger partial charge in [-0.3, -0.25) is 19.4 Å². The molecule has 2 heterocycles. The molecule has 35 heavy (non-hydrogen) atoms. The van der Waals surface area contributed by atoms with Gasteiger partial charge in [-0.25, -0.2) is 4.39 Å². The summed E-state index contributed by atoms with van der Waals surface area (Å²) in [6, 6.07) is 8.19. The molecular weight excluding hydrogens is 453 g/mol. The molecule has 1 N–H and O–H groups in total. The molecular formula is C26H32FN3O5. The first-order chi connectivity index (χ1) is 16.7. The van der Waals surface area contributed by atoms with E-state index in [1.807, 2.05) is 44.2 Å². The zero-order valence-electron chi connectivity index (χ0n) is 20.5. The second kappa shape index (κ2) is 11.4. The molecule has 0 aliphatic carbocycles. The fourth-order valence-electron chi connectivity index (χ4n) is 4.09. The van der Waals surface area contributed by atoms with Crippen LogP contribution >= 0.6 is 0 Å². The number of alkyl halides is 1. The highest BCUT2D eigenvalue weighted by atomic mass is 19.1. The lowest BCUT2D eigenvalue weighted by Gasteiger charge is -2.31. The summed E-state index contributed by atoms with van der Waals surface area (Å²) >= 11 is 0. The van der Waals surface area contributed by atoms with Gasteiger partial charge in [0, 0.05) is 23.9 Å². The van der Waals surface area contributed by atoms with Gasteiger partial charge >= 0.3 is 5.97 Å². The number of hydrogen-bond donors (Lipinski definition) is 1. The van der Waals surface area contributed by atoms with Crippen molar-refractivity contribution in [3.8, 4) is 0 Å². The van der Waals surface area contributed by atoms with E-state index >= 15 is 0 Å². The van der Waals surface area contributed by atoms with Gasteiger partial charge in [0.25, 0.3) is 5.91 Å². The van der Waals surface area contributed by atoms with Gasteiger partial charge < -0.3 is 14.9 Å². The predicted molar refractivity (Wildman–Crippen MR) is 130 cm³/mol. The number of nitrogens with one attached hydrogen (secondary N) is 1. The zero-order valence-corrected chi connectivity index (χ0v) is 20.5. The first-order valence-electron chi connectivity index (χ1n) is 11.9. The van der Waals surface area contributed by atoms with E-state index < -0.39 is 42.4 Å². The number of carbonyl (C=O) groups excluding carboxylic acids is 3. The van der Waals surface area contributed by atoms with Gasteiger partial charge in [0.05, 0.1) is 12.1 Å². The van der Waals surface area contributed by atoms with Crippen molar-refractivity contribution in [2.45, 2.75) is 71.1 Å². The minimum Gasteiger partial charge on any atom is -0.462 e. The number of ketones is 1. The molecule has 0 fully saturated rings. The number of halogens is 1. The average molecular weight is 486 g/mol. The Balaban J connectivity index is 1.80. The van der Waals surface area contributed by atoms with Crippen LogP contribution < -0.4 is 5.32 Å². The number of pyridine rings is 1. The number of aromatic nitrogens is 1. The fourth-order valence-corrected chi connectivity index (χ4v) is 4.09. The van der Waals surface area contributed by atoms with Crippen LogP contribution in [0.3, 0.4) is 0 Å². The standard InChI is InChI=1S/C26H32FN3O5/c1-5-18(6-2)34-23(32)13-20(22(31)15-27)29-25(33)26(16(3)4)14-21(30-35-26)24-19-10-8-7-9-17(19)11-12-28-24/h7-12,16,18,20H,5-6,13-15H2,1-4H3,(H,29,33)/t20-,26?/m0/s1. The summed E-state index contributed by atoms with van der Waals surface area (Å²) in [4.78, 5) is 48.2. The van der Waals surface area contributed by atoms with E-state index in [1.165, 1.54) is 0 Å². The van der Waals surface area contributed by atoms with Crippen molar-refractivity contribution < 1.29 is 28.3 Å². The Bertz CT molecular complexity index is 1110. The van der Waals surface area contributed by atoms with Crippen LogP contribution in [0.4, 0.5) is 4.39 Å². The van der Waals surface area contributed by atoms with Gasteiger partial charge in [-0.15, -0.1) is 0 Å². The summed E-state index contributed by atoms with van der Waals surface area (Å²) < 4.78 is 18.6. The number of ether oxygens (including phenoxy) is 1. The first kappa shape index (κ1) is 26.2. The van der Waals surface area contributed by atoms with Gasteiger partial charge in [-0.1, -0.05) is 57.1 Å². The molecule has 0 saturated carbocycles. The maximum Gasteiger partial charge on any atom is 0.308 e. The molecule has 8 nitrogen and oxygen atoms in total. The van der Waals surface area contributed by atoms with E-state index in [0.29, 0.717) is 24.2 Å². The smallest absolute Gasteiger partial charge is 0.308 e. The van der Waals surface area contributed by atoms with Crippen LogP contribution in [0.15, 0.2) is 41.7 Å². The lowest BCUT2D eigenvalue weighted by molar-refractivity contribution is -0.155. The minimum atomic E-state index is -1.44. The van der Waals surface area contributed by atoms with E-state index in [1.54, 1.807) is 20.0 Å². The van der Waals surface area contributed by atoms with Gasteiger partial charge in [-0.05, 0) is 24.3 Å². The number of amides is 1. The second-order valence-corrected chi connectivity index (χ2v) is 8.99. The van der Waals surface area contributed by atoms with Crippen molar-refractivity contribution >= 4 is 34.1 Å². The third-order valence-electron chi connectivity index (χ3n) is 6.42. The topological polar surface area (TPSA) is 107 Å². The van der Waals surface area contributed by atoms with Crippen LogP contribution in [0, 0.1) is 5.92 Å². The van der Waals surface area contributed by atoms with Crippen LogP contribution in [0.2, 0.25) is 0 Å². The largest absolute Gasteiger partial charge is 0.462 e. The second-order valence-electron chi connectivity index (χ2n) is 8.99. The summed E-state index contributed by atoms with van der Waals surface area (Å²) in [5.74, 6) is -2.58. The monoisotopic (exact) mass is 485 g/mol. The molecule has 188 valence electrons. The van der Waals surface area contributed by atoms with Gasteiger partial charge in [0.15, 0.2) is 5.78 Å². The number of oxime groups is 1. The van der Waals surface area contributed by atoms with Gasteiger partial charge in [0.2, 0.25) is 5.60 Å². The summed E-state index contributed by atoms with van der Waals surface area (Å²) in [7, 11) is 0. The number of Topliss-reactive ketones (excluding diaryl/α,β-unsaturated/α-hetero) is 1.